The molecular formula is C15H30N2O. The van der Waals surface area contributed by atoms with Gasteiger partial charge in [-0.1, -0.05) is 19.3 Å². The fourth-order valence-electron chi connectivity index (χ4n) is 3.09. The van der Waals surface area contributed by atoms with Crippen LogP contribution in [0.15, 0.2) is 0 Å². The maximum atomic E-state index is 5.71. The monoisotopic (exact) mass is 254 g/mol. The Labute approximate surface area is 112 Å². The minimum absolute atomic E-state index is 0.479. The molecule has 3 nitrogen and oxygen atoms in total. The van der Waals surface area contributed by atoms with E-state index in [4.69, 9.17) is 4.74 Å². The van der Waals surface area contributed by atoms with E-state index in [1.807, 2.05) is 0 Å². The molecule has 1 saturated carbocycles. The number of ether oxygens (including phenoxy) is 1. The molecule has 0 radical (unpaired) electrons. The summed E-state index contributed by atoms with van der Waals surface area (Å²) in [6.45, 7) is 5.50. The van der Waals surface area contributed by atoms with Gasteiger partial charge in [-0.15, -0.1) is 0 Å². The van der Waals surface area contributed by atoms with Gasteiger partial charge in [-0.2, -0.15) is 0 Å². The first-order chi connectivity index (χ1) is 8.75. The zero-order chi connectivity index (χ0) is 12.8. The van der Waals surface area contributed by atoms with Crippen LogP contribution >= 0.6 is 0 Å². The zero-order valence-corrected chi connectivity index (χ0v) is 12.2. The third-order valence-electron chi connectivity index (χ3n) is 4.58. The molecule has 1 N–H and O–H groups in total. The molecule has 1 aliphatic heterocycles. The van der Waals surface area contributed by atoms with Gasteiger partial charge in [0, 0.05) is 31.8 Å². The van der Waals surface area contributed by atoms with Crippen molar-refractivity contribution in [3.8, 4) is 0 Å². The van der Waals surface area contributed by atoms with E-state index in [0.29, 0.717) is 12.1 Å². The summed E-state index contributed by atoms with van der Waals surface area (Å²) >= 11 is 0. The first-order valence-electron chi connectivity index (χ1n) is 7.81. The van der Waals surface area contributed by atoms with Crippen molar-refractivity contribution < 1.29 is 4.74 Å². The van der Waals surface area contributed by atoms with Crippen LogP contribution < -0.4 is 5.32 Å². The van der Waals surface area contributed by atoms with E-state index < -0.39 is 0 Å². The Kier molecular flexibility index (Phi) is 5.93. The van der Waals surface area contributed by atoms with Gasteiger partial charge in [-0.3, -0.25) is 4.90 Å². The first kappa shape index (κ1) is 14.3. The number of rotatable bonds is 6. The summed E-state index contributed by atoms with van der Waals surface area (Å²) in [7, 11) is 2.23. The highest BCUT2D eigenvalue weighted by Crippen LogP contribution is 2.17. The Morgan fingerprint density at radius 3 is 2.61 bits per heavy atom. The van der Waals surface area contributed by atoms with Gasteiger partial charge >= 0.3 is 0 Å². The second kappa shape index (κ2) is 7.46. The molecule has 1 saturated heterocycles. The summed E-state index contributed by atoms with van der Waals surface area (Å²) < 4.78 is 5.71. The third-order valence-corrected chi connectivity index (χ3v) is 4.58. The highest BCUT2D eigenvalue weighted by Gasteiger charge is 2.20. The molecule has 0 aromatic carbocycles. The van der Waals surface area contributed by atoms with Crippen molar-refractivity contribution in [2.75, 3.05) is 26.7 Å². The molecule has 0 bridgehead atoms. The summed E-state index contributed by atoms with van der Waals surface area (Å²) in [4.78, 5) is 2.45. The smallest absolute Gasteiger partial charge is 0.0702 e. The highest BCUT2D eigenvalue weighted by atomic mass is 16.5. The number of likely N-dealkylation sites (N-methyl/N-ethyl adjacent to an activating group) is 1. The van der Waals surface area contributed by atoms with Gasteiger partial charge in [0.1, 0.15) is 0 Å². The molecule has 2 fully saturated rings. The van der Waals surface area contributed by atoms with Gasteiger partial charge < -0.3 is 10.1 Å². The molecule has 0 aromatic rings. The molecule has 18 heavy (non-hydrogen) atoms. The molecule has 2 atom stereocenters. The minimum atomic E-state index is 0.479. The van der Waals surface area contributed by atoms with Gasteiger partial charge in [0.25, 0.3) is 0 Å². The Bertz CT molecular complexity index is 223. The van der Waals surface area contributed by atoms with E-state index in [1.54, 1.807) is 0 Å². The molecule has 0 spiro atoms. The molecule has 1 heterocycles. The molecule has 3 heteroatoms. The molecular weight excluding hydrogens is 224 g/mol. The highest BCUT2D eigenvalue weighted by molar-refractivity contribution is 4.77. The summed E-state index contributed by atoms with van der Waals surface area (Å²) in [5, 5.41) is 3.74. The van der Waals surface area contributed by atoms with Crippen molar-refractivity contribution in [1.29, 1.82) is 0 Å². The standard InChI is InChI=1S/C15H30N2O/c1-13(11-16-14-7-4-3-5-8-14)17(2)12-15-9-6-10-18-15/h13-16H,3-12H2,1-2H3. The van der Waals surface area contributed by atoms with Crippen molar-refractivity contribution in [3.05, 3.63) is 0 Å². The van der Waals surface area contributed by atoms with Crippen LogP contribution in [-0.2, 0) is 4.74 Å². The van der Waals surface area contributed by atoms with E-state index in [0.717, 1.165) is 25.7 Å². The van der Waals surface area contributed by atoms with Crippen LogP contribution in [0.2, 0.25) is 0 Å². The summed E-state index contributed by atoms with van der Waals surface area (Å²) in [6, 6.07) is 1.38. The second-order valence-corrected chi connectivity index (χ2v) is 6.17. The fourth-order valence-corrected chi connectivity index (χ4v) is 3.09. The van der Waals surface area contributed by atoms with Crippen molar-refractivity contribution >= 4 is 0 Å². The topological polar surface area (TPSA) is 24.5 Å². The van der Waals surface area contributed by atoms with Crippen LogP contribution in [0.3, 0.4) is 0 Å². The SMILES string of the molecule is CC(CNC1CCCCC1)N(C)CC1CCCO1. The van der Waals surface area contributed by atoms with Gasteiger partial charge in [-0.05, 0) is 39.7 Å². The predicted octanol–water partition coefficient (Wildman–Crippen LogP) is 2.41. The average Bonchev–Trinajstić information content (AvgIpc) is 2.90. The lowest BCUT2D eigenvalue weighted by molar-refractivity contribution is 0.0697. The van der Waals surface area contributed by atoms with Gasteiger partial charge in [0.05, 0.1) is 6.10 Å². The quantitative estimate of drug-likeness (QED) is 0.788. The van der Waals surface area contributed by atoms with Crippen molar-refractivity contribution in [3.63, 3.8) is 0 Å². The van der Waals surface area contributed by atoms with Crippen molar-refractivity contribution in [2.45, 2.75) is 70.1 Å². The van der Waals surface area contributed by atoms with Crippen molar-refractivity contribution in [1.82, 2.24) is 10.2 Å². The molecule has 1 aliphatic carbocycles. The zero-order valence-electron chi connectivity index (χ0n) is 12.2. The molecule has 2 aliphatic rings. The van der Waals surface area contributed by atoms with Crippen LogP contribution in [0.5, 0.6) is 0 Å². The van der Waals surface area contributed by atoms with Crippen LogP contribution in [0, 0.1) is 0 Å². The normalized spacial score (nSPS) is 27.8. The molecule has 0 aromatic heterocycles. The Hall–Kier alpha value is -0.120. The van der Waals surface area contributed by atoms with Gasteiger partial charge in [0.15, 0.2) is 0 Å². The van der Waals surface area contributed by atoms with E-state index in [-0.39, 0.29) is 0 Å². The average molecular weight is 254 g/mol. The van der Waals surface area contributed by atoms with E-state index >= 15 is 0 Å². The Balaban J connectivity index is 1.61. The van der Waals surface area contributed by atoms with Crippen LogP contribution in [0.25, 0.3) is 0 Å². The first-order valence-corrected chi connectivity index (χ1v) is 7.81. The second-order valence-electron chi connectivity index (χ2n) is 6.17. The molecule has 2 rings (SSSR count). The number of nitrogens with one attached hydrogen (secondary N) is 1. The number of hydrogen-bond donors (Lipinski definition) is 1. The third kappa shape index (κ3) is 4.52. The van der Waals surface area contributed by atoms with Crippen LogP contribution in [0.4, 0.5) is 0 Å². The molecule has 2 unspecified atom stereocenters. The fraction of sp³-hybridized carbons (Fsp3) is 1.00. The van der Waals surface area contributed by atoms with Gasteiger partial charge in [-0.25, -0.2) is 0 Å². The maximum Gasteiger partial charge on any atom is 0.0702 e. The lowest BCUT2D eigenvalue weighted by Crippen LogP contribution is -2.44. The molecule has 106 valence electrons. The van der Waals surface area contributed by atoms with E-state index in [2.05, 4.69) is 24.2 Å². The minimum Gasteiger partial charge on any atom is -0.377 e. The lowest BCUT2D eigenvalue weighted by atomic mass is 9.95. The van der Waals surface area contributed by atoms with E-state index in [1.165, 1.54) is 44.9 Å². The maximum absolute atomic E-state index is 5.71. The number of hydrogen-bond acceptors (Lipinski definition) is 3. The predicted molar refractivity (Wildman–Crippen MR) is 75.9 cm³/mol. The largest absolute Gasteiger partial charge is 0.377 e. The summed E-state index contributed by atoms with van der Waals surface area (Å²) in [5.74, 6) is 0. The van der Waals surface area contributed by atoms with Crippen molar-refractivity contribution in [2.24, 2.45) is 0 Å². The Morgan fingerprint density at radius 2 is 1.94 bits per heavy atom. The van der Waals surface area contributed by atoms with Crippen LogP contribution in [-0.4, -0.2) is 49.8 Å². The number of nitrogens with zero attached hydrogens (tertiary/aromatic N) is 1. The molecule has 0 amide bonds. The lowest BCUT2D eigenvalue weighted by Gasteiger charge is -2.30. The Morgan fingerprint density at radius 1 is 1.17 bits per heavy atom. The summed E-state index contributed by atoms with van der Waals surface area (Å²) in [6.07, 6.45) is 9.99. The van der Waals surface area contributed by atoms with E-state index in [9.17, 15) is 0 Å². The van der Waals surface area contributed by atoms with Crippen LogP contribution in [0.1, 0.15) is 51.9 Å². The van der Waals surface area contributed by atoms with Gasteiger partial charge in [0.2, 0.25) is 0 Å². The summed E-state index contributed by atoms with van der Waals surface area (Å²) in [5.41, 5.74) is 0.